The third kappa shape index (κ3) is 2.72. The van der Waals surface area contributed by atoms with E-state index in [1.54, 1.807) is 31.6 Å². The minimum absolute atomic E-state index is 0.0671. The average molecular weight is 340 g/mol. The van der Waals surface area contributed by atoms with Crippen LogP contribution in [-0.2, 0) is 6.42 Å². The molecule has 1 aromatic carbocycles. The zero-order chi connectivity index (χ0) is 17.4. The van der Waals surface area contributed by atoms with Gasteiger partial charge in [-0.3, -0.25) is 14.7 Å². The van der Waals surface area contributed by atoms with Crippen molar-refractivity contribution in [1.82, 2.24) is 9.88 Å². The monoisotopic (exact) mass is 340 g/mol. The first-order valence-corrected chi connectivity index (χ1v) is 8.32. The third-order valence-corrected chi connectivity index (χ3v) is 4.91. The van der Waals surface area contributed by atoms with Gasteiger partial charge in [0.2, 0.25) is 12.5 Å². The van der Waals surface area contributed by atoms with Crippen LogP contribution in [0.2, 0.25) is 0 Å². The van der Waals surface area contributed by atoms with E-state index < -0.39 is 0 Å². The summed E-state index contributed by atoms with van der Waals surface area (Å²) in [5.74, 6) is 2.10. The van der Waals surface area contributed by atoms with Crippen molar-refractivity contribution in [2.45, 2.75) is 18.9 Å². The van der Waals surface area contributed by atoms with Gasteiger partial charge in [0.15, 0.2) is 17.3 Å². The normalized spacial score (nSPS) is 18.7. The average Bonchev–Trinajstić information content (AvgIpc) is 3.11. The molecule has 0 unspecified atom stereocenters. The van der Waals surface area contributed by atoms with Crippen LogP contribution in [0.4, 0.5) is 0 Å². The van der Waals surface area contributed by atoms with E-state index in [-0.39, 0.29) is 18.6 Å². The molecular formula is C19H20N2O4. The second-order valence-corrected chi connectivity index (χ2v) is 6.33. The summed E-state index contributed by atoms with van der Waals surface area (Å²) < 4.78 is 16.8. The van der Waals surface area contributed by atoms with Gasteiger partial charge in [0.1, 0.15) is 0 Å². The quantitative estimate of drug-likeness (QED) is 0.798. The van der Waals surface area contributed by atoms with Crippen LogP contribution in [0.5, 0.6) is 17.2 Å². The summed E-state index contributed by atoms with van der Waals surface area (Å²) in [5.41, 5.74) is 2.81. The van der Waals surface area contributed by atoms with E-state index in [4.69, 9.17) is 14.2 Å². The molecular weight excluding hydrogens is 320 g/mol. The summed E-state index contributed by atoms with van der Waals surface area (Å²) in [4.78, 5) is 19.0. The second kappa shape index (κ2) is 6.37. The smallest absolute Gasteiger partial charge is 0.231 e. The molecule has 1 aromatic heterocycles. The third-order valence-electron chi connectivity index (χ3n) is 4.91. The summed E-state index contributed by atoms with van der Waals surface area (Å²) in [5, 5.41) is 0. The van der Waals surface area contributed by atoms with Crippen molar-refractivity contribution >= 4 is 5.78 Å². The number of hydrogen-bond acceptors (Lipinski definition) is 6. The molecule has 130 valence electrons. The second-order valence-electron chi connectivity index (χ2n) is 6.33. The number of Topliss-reactive ketones (excluding diaryl/α,β-unsaturated/α-hetero) is 1. The van der Waals surface area contributed by atoms with Crippen LogP contribution in [-0.4, -0.2) is 43.2 Å². The molecule has 2 aliphatic heterocycles. The molecule has 0 saturated heterocycles. The number of carbonyl (C=O) groups is 1. The highest BCUT2D eigenvalue weighted by atomic mass is 16.7. The first-order valence-electron chi connectivity index (χ1n) is 8.32. The predicted octanol–water partition coefficient (Wildman–Crippen LogP) is 2.62. The van der Waals surface area contributed by atoms with Crippen molar-refractivity contribution in [3.8, 4) is 17.2 Å². The van der Waals surface area contributed by atoms with Gasteiger partial charge in [-0.2, -0.15) is 0 Å². The Morgan fingerprint density at radius 3 is 3.08 bits per heavy atom. The molecule has 0 radical (unpaired) electrons. The minimum Gasteiger partial charge on any atom is -0.492 e. The molecule has 6 heteroatoms. The van der Waals surface area contributed by atoms with Gasteiger partial charge >= 0.3 is 0 Å². The van der Waals surface area contributed by atoms with E-state index >= 15 is 0 Å². The molecule has 6 nitrogen and oxygen atoms in total. The number of fused-ring (bicyclic) bond motifs is 2. The summed E-state index contributed by atoms with van der Waals surface area (Å²) >= 11 is 0. The molecule has 1 atom stereocenters. The molecule has 0 fully saturated rings. The number of nitrogens with zero attached hydrogens (tertiary/aromatic N) is 2. The number of benzene rings is 1. The standard InChI is InChI=1S/C19H20N2O4/c1-21-7-5-12-8-16-18(25-11-24-16)19(23-2)17(12)14(21)9-15(22)13-4-3-6-20-10-13/h3-4,6,8,10,14H,5,7,9,11H2,1-2H3/t14-/m0/s1. The molecule has 0 amide bonds. The number of carbonyl (C=O) groups excluding carboxylic acids is 1. The van der Waals surface area contributed by atoms with Crippen LogP contribution in [0.15, 0.2) is 30.6 Å². The summed E-state index contributed by atoms with van der Waals surface area (Å²) in [7, 11) is 3.67. The first-order chi connectivity index (χ1) is 12.2. The number of aromatic nitrogens is 1. The first kappa shape index (κ1) is 15.9. The SMILES string of the molecule is COc1c2c(cc3c1[C@H](CC(=O)c1cccnc1)N(C)CC3)OCO2. The van der Waals surface area contributed by atoms with Crippen LogP contribution in [0.25, 0.3) is 0 Å². The van der Waals surface area contributed by atoms with Crippen LogP contribution in [0.1, 0.15) is 33.9 Å². The Hall–Kier alpha value is -2.60. The lowest BCUT2D eigenvalue weighted by molar-refractivity contribution is 0.0925. The Morgan fingerprint density at radius 2 is 2.32 bits per heavy atom. The van der Waals surface area contributed by atoms with Gasteiger partial charge < -0.3 is 14.2 Å². The molecule has 2 aliphatic rings. The highest BCUT2D eigenvalue weighted by Crippen LogP contribution is 2.50. The van der Waals surface area contributed by atoms with Crippen molar-refractivity contribution < 1.29 is 19.0 Å². The molecule has 2 aromatic rings. The Kier molecular flexibility index (Phi) is 4.05. The van der Waals surface area contributed by atoms with E-state index in [0.717, 1.165) is 29.8 Å². The summed E-state index contributed by atoms with van der Waals surface area (Å²) in [6.45, 7) is 1.07. The number of ketones is 1. The number of rotatable bonds is 4. The highest BCUT2D eigenvalue weighted by Gasteiger charge is 2.35. The summed E-state index contributed by atoms with van der Waals surface area (Å²) in [6, 6.07) is 5.54. The zero-order valence-corrected chi connectivity index (χ0v) is 14.3. The molecule has 0 bridgehead atoms. The molecule has 0 saturated carbocycles. The number of hydrogen-bond donors (Lipinski definition) is 0. The fraction of sp³-hybridized carbons (Fsp3) is 0.368. The topological polar surface area (TPSA) is 60.9 Å². The van der Waals surface area contributed by atoms with Crippen LogP contribution in [0.3, 0.4) is 0 Å². The number of likely N-dealkylation sites (N-methyl/N-ethyl adjacent to an activating group) is 1. The van der Waals surface area contributed by atoms with E-state index in [1.165, 1.54) is 0 Å². The van der Waals surface area contributed by atoms with E-state index in [9.17, 15) is 4.79 Å². The van der Waals surface area contributed by atoms with Gasteiger partial charge in [-0.05, 0) is 37.2 Å². The van der Waals surface area contributed by atoms with Crippen molar-refractivity contribution in [2.24, 2.45) is 0 Å². The number of pyridine rings is 1. The number of methoxy groups -OCH3 is 1. The van der Waals surface area contributed by atoms with Gasteiger partial charge in [-0.1, -0.05) is 0 Å². The van der Waals surface area contributed by atoms with E-state index in [1.807, 2.05) is 13.1 Å². The molecule has 4 rings (SSSR count). The van der Waals surface area contributed by atoms with E-state index in [2.05, 4.69) is 9.88 Å². The van der Waals surface area contributed by atoms with Gasteiger partial charge in [-0.25, -0.2) is 0 Å². The zero-order valence-electron chi connectivity index (χ0n) is 14.3. The van der Waals surface area contributed by atoms with Gasteiger partial charge in [0.05, 0.1) is 7.11 Å². The van der Waals surface area contributed by atoms with Crippen LogP contribution >= 0.6 is 0 Å². The van der Waals surface area contributed by atoms with Crippen LogP contribution in [0, 0.1) is 0 Å². The van der Waals surface area contributed by atoms with Crippen LogP contribution < -0.4 is 14.2 Å². The molecule has 25 heavy (non-hydrogen) atoms. The predicted molar refractivity (Wildman–Crippen MR) is 91.4 cm³/mol. The number of ether oxygens (including phenoxy) is 3. The summed E-state index contributed by atoms with van der Waals surface area (Å²) in [6.07, 6.45) is 4.53. The lowest BCUT2D eigenvalue weighted by Crippen LogP contribution is -2.34. The molecule has 0 N–H and O–H groups in total. The highest BCUT2D eigenvalue weighted by molar-refractivity contribution is 5.96. The van der Waals surface area contributed by atoms with Gasteiger partial charge in [0.25, 0.3) is 0 Å². The van der Waals surface area contributed by atoms with Gasteiger partial charge in [0, 0.05) is 42.5 Å². The van der Waals surface area contributed by atoms with Gasteiger partial charge in [-0.15, -0.1) is 0 Å². The maximum absolute atomic E-state index is 12.7. The maximum atomic E-state index is 12.7. The fourth-order valence-corrected chi connectivity index (χ4v) is 3.60. The largest absolute Gasteiger partial charge is 0.492 e. The van der Waals surface area contributed by atoms with Crippen molar-refractivity contribution in [3.05, 3.63) is 47.3 Å². The minimum atomic E-state index is -0.0686. The molecule has 0 spiro atoms. The Morgan fingerprint density at radius 1 is 1.44 bits per heavy atom. The molecule has 0 aliphatic carbocycles. The maximum Gasteiger partial charge on any atom is 0.231 e. The van der Waals surface area contributed by atoms with Crippen molar-refractivity contribution in [1.29, 1.82) is 0 Å². The molecule has 3 heterocycles. The Labute approximate surface area is 146 Å². The Bertz CT molecular complexity index is 807. The van der Waals surface area contributed by atoms with Crippen molar-refractivity contribution in [2.75, 3.05) is 27.5 Å². The lowest BCUT2D eigenvalue weighted by atomic mass is 9.87. The fourth-order valence-electron chi connectivity index (χ4n) is 3.60. The lowest BCUT2D eigenvalue weighted by Gasteiger charge is -2.35. The van der Waals surface area contributed by atoms with E-state index in [0.29, 0.717) is 23.5 Å². The Balaban J connectivity index is 1.74. The van der Waals surface area contributed by atoms with Crippen molar-refractivity contribution in [3.63, 3.8) is 0 Å².